The lowest BCUT2D eigenvalue weighted by molar-refractivity contribution is -0.116. The SMILES string of the molecule is COc1cccc(NC(=O)CCN(C)Cc2ccccc2)c1. The van der Waals surface area contributed by atoms with Crippen molar-refractivity contribution in [1.82, 2.24) is 4.90 Å². The van der Waals surface area contributed by atoms with Crippen LogP contribution in [0, 0.1) is 0 Å². The van der Waals surface area contributed by atoms with Crippen molar-refractivity contribution in [3.63, 3.8) is 0 Å². The highest BCUT2D eigenvalue weighted by molar-refractivity contribution is 5.90. The van der Waals surface area contributed by atoms with Gasteiger partial charge in [0.1, 0.15) is 5.75 Å². The minimum absolute atomic E-state index is 0.00756. The van der Waals surface area contributed by atoms with E-state index in [0.717, 1.165) is 18.0 Å². The Balaban J connectivity index is 1.77. The van der Waals surface area contributed by atoms with Gasteiger partial charge in [0.05, 0.1) is 7.11 Å². The highest BCUT2D eigenvalue weighted by atomic mass is 16.5. The summed E-state index contributed by atoms with van der Waals surface area (Å²) < 4.78 is 5.14. The molecule has 0 aromatic heterocycles. The van der Waals surface area contributed by atoms with Crippen LogP contribution in [0.3, 0.4) is 0 Å². The van der Waals surface area contributed by atoms with Crippen LogP contribution >= 0.6 is 0 Å². The van der Waals surface area contributed by atoms with Crippen molar-refractivity contribution >= 4 is 11.6 Å². The molecule has 2 aromatic carbocycles. The average Bonchev–Trinajstić information content (AvgIpc) is 2.54. The van der Waals surface area contributed by atoms with Crippen molar-refractivity contribution in [3.8, 4) is 5.75 Å². The summed E-state index contributed by atoms with van der Waals surface area (Å²) in [4.78, 5) is 14.1. The Morgan fingerprint density at radius 2 is 1.91 bits per heavy atom. The van der Waals surface area contributed by atoms with Crippen molar-refractivity contribution in [1.29, 1.82) is 0 Å². The molecule has 4 nitrogen and oxygen atoms in total. The second kappa shape index (κ2) is 8.20. The third-order valence-corrected chi connectivity index (χ3v) is 3.37. The number of rotatable bonds is 7. The first kappa shape index (κ1) is 16.0. The third kappa shape index (κ3) is 5.22. The summed E-state index contributed by atoms with van der Waals surface area (Å²) in [7, 11) is 3.63. The van der Waals surface area contributed by atoms with E-state index in [2.05, 4.69) is 22.3 Å². The maximum absolute atomic E-state index is 12.0. The topological polar surface area (TPSA) is 41.6 Å². The molecular weight excluding hydrogens is 276 g/mol. The maximum atomic E-state index is 12.0. The number of nitrogens with zero attached hydrogens (tertiary/aromatic N) is 1. The van der Waals surface area contributed by atoms with E-state index >= 15 is 0 Å². The second-order valence-electron chi connectivity index (χ2n) is 5.25. The van der Waals surface area contributed by atoms with E-state index < -0.39 is 0 Å². The first-order chi connectivity index (χ1) is 10.7. The van der Waals surface area contributed by atoms with Gasteiger partial charge in [0, 0.05) is 31.3 Å². The molecule has 1 N–H and O–H groups in total. The summed E-state index contributed by atoms with van der Waals surface area (Å²) in [5.41, 5.74) is 2.01. The highest BCUT2D eigenvalue weighted by Crippen LogP contribution is 2.16. The molecular formula is C18H22N2O2. The van der Waals surface area contributed by atoms with Gasteiger partial charge in [-0.2, -0.15) is 0 Å². The quantitative estimate of drug-likeness (QED) is 0.853. The predicted octanol–water partition coefficient (Wildman–Crippen LogP) is 3.16. The largest absolute Gasteiger partial charge is 0.497 e. The van der Waals surface area contributed by atoms with Crippen molar-refractivity contribution < 1.29 is 9.53 Å². The predicted molar refractivity (Wildman–Crippen MR) is 89.0 cm³/mol. The zero-order valence-electron chi connectivity index (χ0n) is 13.1. The van der Waals surface area contributed by atoms with Gasteiger partial charge in [-0.15, -0.1) is 0 Å². The highest BCUT2D eigenvalue weighted by Gasteiger charge is 2.06. The molecule has 116 valence electrons. The number of carbonyl (C=O) groups excluding carboxylic acids is 1. The van der Waals surface area contributed by atoms with Crippen LogP contribution in [0.4, 0.5) is 5.69 Å². The number of amides is 1. The average molecular weight is 298 g/mol. The molecule has 0 aliphatic rings. The van der Waals surface area contributed by atoms with Crippen LogP contribution in [0.1, 0.15) is 12.0 Å². The number of nitrogens with one attached hydrogen (secondary N) is 1. The molecule has 0 spiro atoms. The molecule has 2 aromatic rings. The number of methoxy groups -OCH3 is 1. The molecule has 22 heavy (non-hydrogen) atoms. The first-order valence-electron chi connectivity index (χ1n) is 7.34. The Labute approximate surface area is 131 Å². The Morgan fingerprint density at radius 3 is 2.64 bits per heavy atom. The van der Waals surface area contributed by atoms with Gasteiger partial charge in [-0.25, -0.2) is 0 Å². The zero-order chi connectivity index (χ0) is 15.8. The van der Waals surface area contributed by atoms with Crippen LogP contribution in [-0.2, 0) is 11.3 Å². The fourth-order valence-electron chi connectivity index (χ4n) is 2.19. The molecule has 0 unspecified atom stereocenters. The van der Waals surface area contributed by atoms with Crippen molar-refractivity contribution in [2.75, 3.05) is 26.0 Å². The second-order valence-corrected chi connectivity index (χ2v) is 5.25. The minimum Gasteiger partial charge on any atom is -0.497 e. The first-order valence-corrected chi connectivity index (χ1v) is 7.34. The van der Waals surface area contributed by atoms with E-state index in [1.807, 2.05) is 49.5 Å². The molecule has 0 radical (unpaired) electrons. The molecule has 0 bridgehead atoms. The van der Waals surface area contributed by atoms with E-state index in [4.69, 9.17) is 4.74 Å². The summed E-state index contributed by atoms with van der Waals surface area (Å²) in [6.45, 7) is 1.55. The summed E-state index contributed by atoms with van der Waals surface area (Å²) in [6.07, 6.45) is 0.459. The fraction of sp³-hybridized carbons (Fsp3) is 0.278. The van der Waals surface area contributed by atoms with E-state index in [0.29, 0.717) is 13.0 Å². The van der Waals surface area contributed by atoms with E-state index in [-0.39, 0.29) is 5.91 Å². The van der Waals surface area contributed by atoms with Gasteiger partial charge in [-0.3, -0.25) is 4.79 Å². The van der Waals surface area contributed by atoms with Gasteiger partial charge in [-0.1, -0.05) is 36.4 Å². The molecule has 0 aliphatic heterocycles. The molecule has 4 heteroatoms. The third-order valence-electron chi connectivity index (χ3n) is 3.37. The lowest BCUT2D eigenvalue weighted by Gasteiger charge is -2.16. The molecule has 0 atom stereocenters. The van der Waals surface area contributed by atoms with Crippen LogP contribution in [0.2, 0.25) is 0 Å². The lowest BCUT2D eigenvalue weighted by atomic mass is 10.2. The van der Waals surface area contributed by atoms with Gasteiger partial charge >= 0.3 is 0 Å². The number of carbonyl (C=O) groups is 1. The lowest BCUT2D eigenvalue weighted by Crippen LogP contribution is -2.24. The Bertz CT molecular complexity index is 599. The number of ether oxygens (including phenoxy) is 1. The van der Waals surface area contributed by atoms with E-state index in [1.54, 1.807) is 7.11 Å². The van der Waals surface area contributed by atoms with Crippen molar-refractivity contribution in [2.45, 2.75) is 13.0 Å². The van der Waals surface area contributed by atoms with Crippen LogP contribution in [0.25, 0.3) is 0 Å². The molecule has 0 aliphatic carbocycles. The maximum Gasteiger partial charge on any atom is 0.225 e. The molecule has 0 heterocycles. The van der Waals surface area contributed by atoms with Crippen LogP contribution in [0.15, 0.2) is 54.6 Å². The summed E-state index contributed by atoms with van der Waals surface area (Å²) in [5.74, 6) is 0.743. The molecule has 0 fully saturated rings. The smallest absolute Gasteiger partial charge is 0.225 e. The number of hydrogen-bond donors (Lipinski definition) is 1. The number of hydrogen-bond acceptors (Lipinski definition) is 3. The van der Waals surface area contributed by atoms with Crippen molar-refractivity contribution in [2.24, 2.45) is 0 Å². The Morgan fingerprint density at radius 1 is 1.14 bits per heavy atom. The van der Waals surface area contributed by atoms with Crippen LogP contribution in [-0.4, -0.2) is 31.5 Å². The fourth-order valence-corrected chi connectivity index (χ4v) is 2.19. The molecule has 0 saturated carbocycles. The normalized spacial score (nSPS) is 10.5. The summed E-state index contributed by atoms with van der Waals surface area (Å²) in [6, 6.07) is 17.6. The van der Waals surface area contributed by atoms with Crippen LogP contribution < -0.4 is 10.1 Å². The van der Waals surface area contributed by atoms with E-state index in [1.165, 1.54) is 5.56 Å². The number of anilines is 1. The van der Waals surface area contributed by atoms with Gasteiger partial charge in [0.2, 0.25) is 5.91 Å². The van der Waals surface area contributed by atoms with E-state index in [9.17, 15) is 4.79 Å². The van der Waals surface area contributed by atoms with Gasteiger partial charge in [-0.05, 0) is 24.7 Å². The summed E-state index contributed by atoms with van der Waals surface area (Å²) >= 11 is 0. The van der Waals surface area contributed by atoms with Crippen LogP contribution in [0.5, 0.6) is 5.75 Å². The Kier molecular flexibility index (Phi) is 5.98. The van der Waals surface area contributed by atoms with Gasteiger partial charge in [0.25, 0.3) is 0 Å². The Hall–Kier alpha value is -2.33. The zero-order valence-corrected chi connectivity index (χ0v) is 13.1. The molecule has 1 amide bonds. The van der Waals surface area contributed by atoms with Crippen molar-refractivity contribution in [3.05, 3.63) is 60.2 Å². The number of benzene rings is 2. The monoisotopic (exact) mass is 298 g/mol. The van der Waals surface area contributed by atoms with Gasteiger partial charge < -0.3 is 15.0 Å². The minimum atomic E-state index is 0.00756. The molecule has 2 rings (SSSR count). The molecule has 0 saturated heterocycles. The van der Waals surface area contributed by atoms with Gasteiger partial charge in [0.15, 0.2) is 0 Å². The summed E-state index contributed by atoms with van der Waals surface area (Å²) in [5, 5.41) is 2.89. The standard InChI is InChI=1S/C18H22N2O2/c1-20(14-15-7-4-3-5-8-15)12-11-18(21)19-16-9-6-10-17(13-16)22-2/h3-10,13H,11-12,14H2,1-2H3,(H,19,21).